The van der Waals surface area contributed by atoms with Crippen LogP contribution in [0.4, 0.5) is 0 Å². The number of primary amides is 1. The van der Waals surface area contributed by atoms with E-state index in [-0.39, 0.29) is 30.2 Å². The van der Waals surface area contributed by atoms with Crippen molar-refractivity contribution in [3.8, 4) is 11.1 Å². The second kappa shape index (κ2) is 11.3. The molecule has 1 heterocycles. The summed E-state index contributed by atoms with van der Waals surface area (Å²) >= 11 is 0. The van der Waals surface area contributed by atoms with Crippen LogP contribution in [0, 0.1) is 5.92 Å². The van der Waals surface area contributed by atoms with E-state index >= 15 is 0 Å². The number of carbonyl (C=O) groups excluding carboxylic acids is 3. The number of nitrogens with two attached hydrogens (primary N) is 1. The SMILES string of the molecule is NC(=O)C1CCCN(CCCNC(=O)CNC(=O)c2ccc(-c3ccccc3)cc2)C1. The van der Waals surface area contributed by atoms with Gasteiger partial charge < -0.3 is 21.3 Å². The summed E-state index contributed by atoms with van der Waals surface area (Å²) < 4.78 is 0. The van der Waals surface area contributed by atoms with E-state index in [1.165, 1.54) is 0 Å². The van der Waals surface area contributed by atoms with Crippen LogP contribution >= 0.6 is 0 Å². The van der Waals surface area contributed by atoms with Crippen molar-refractivity contribution in [1.29, 1.82) is 0 Å². The summed E-state index contributed by atoms with van der Waals surface area (Å²) in [6.45, 7) is 2.92. The molecule has 31 heavy (non-hydrogen) atoms. The van der Waals surface area contributed by atoms with Crippen molar-refractivity contribution in [3.63, 3.8) is 0 Å². The number of hydrogen-bond donors (Lipinski definition) is 3. The fourth-order valence-corrected chi connectivity index (χ4v) is 3.79. The highest BCUT2D eigenvalue weighted by Crippen LogP contribution is 2.19. The molecular weight excluding hydrogens is 392 g/mol. The fraction of sp³-hybridized carbons (Fsp3) is 0.375. The first-order valence-corrected chi connectivity index (χ1v) is 10.7. The molecule has 1 fully saturated rings. The summed E-state index contributed by atoms with van der Waals surface area (Å²) in [5, 5.41) is 5.48. The molecule has 0 spiro atoms. The van der Waals surface area contributed by atoms with Crippen molar-refractivity contribution in [2.24, 2.45) is 11.7 Å². The summed E-state index contributed by atoms with van der Waals surface area (Å²) in [5.41, 5.74) is 8.04. The van der Waals surface area contributed by atoms with Crippen LogP contribution in [0.5, 0.6) is 0 Å². The molecule has 2 aromatic rings. The Morgan fingerprint density at radius 2 is 1.68 bits per heavy atom. The van der Waals surface area contributed by atoms with Crippen molar-refractivity contribution >= 4 is 17.7 Å². The maximum atomic E-state index is 12.3. The molecule has 3 amide bonds. The summed E-state index contributed by atoms with van der Waals surface area (Å²) in [6, 6.07) is 17.2. The van der Waals surface area contributed by atoms with Crippen LogP contribution in [0.3, 0.4) is 0 Å². The minimum Gasteiger partial charge on any atom is -0.369 e. The van der Waals surface area contributed by atoms with E-state index in [2.05, 4.69) is 15.5 Å². The lowest BCUT2D eigenvalue weighted by molar-refractivity contribution is -0.123. The number of hydrogen-bond acceptors (Lipinski definition) is 4. The van der Waals surface area contributed by atoms with Gasteiger partial charge in [-0.3, -0.25) is 14.4 Å². The number of nitrogens with zero attached hydrogens (tertiary/aromatic N) is 1. The van der Waals surface area contributed by atoms with Crippen molar-refractivity contribution in [2.75, 3.05) is 32.7 Å². The highest BCUT2D eigenvalue weighted by Gasteiger charge is 2.23. The van der Waals surface area contributed by atoms with E-state index in [0.29, 0.717) is 18.7 Å². The molecule has 0 aliphatic carbocycles. The zero-order valence-electron chi connectivity index (χ0n) is 17.7. The zero-order chi connectivity index (χ0) is 22.1. The number of nitrogens with one attached hydrogen (secondary N) is 2. The van der Waals surface area contributed by atoms with E-state index < -0.39 is 0 Å². The smallest absolute Gasteiger partial charge is 0.251 e. The van der Waals surface area contributed by atoms with Gasteiger partial charge in [0.15, 0.2) is 0 Å². The second-order valence-electron chi connectivity index (χ2n) is 7.87. The lowest BCUT2D eigenvalue weighted by Gasteiger charge is -2.31. The van der Waals surface area contributed by atoms with E-state index in [1.54, 1.807) is 12.1 Å². The van der Waals surface area contributed by atoms with Crippen LogP contribution in [-0.2, 0) is 9.59 Å². The van der Waals surface area contributed by atoms with Crippen LogP contribution in [0.25, 0.3) is 11.1 Å². The molecule has 3 rings (SSSR count). The Morgan fingerprint density at radius 1 is 0.968 bits per heavy atom. The van der Waals surface area contributed by atoms with Gasteiger partial charge in [0.05, 0.1) is 12.5 Å². The Hall–Kier alpha value is -3.19. The van der Waals surface area contributed by atoms with Gasteiger partial charge in [0, 0.05) is 18.7 Å². The number of rotatable bonds is 9. The Balaban J connectivity index is 1.34. The maximum absolute atomic E-state index is 12.3. The Morgan fingerprint density at radius 3 is 2.39 bits per heavy atom. The molecular formula is C24H30N4O3. The van der Waals surface area contributed by atoms with Gasteiger partial charge in [-0.25, -0.2) is 0 Å². The Labute approximate surface area is 183 Å². The van der Waals surface area contributed by atoms with Crippen LogP contribution in [-0.4, -0.2) is 55.3 Å². The van der Waals surface area contributed by atoms with E-state index in [4.69, 9.17) is 5.73 Å². The minimum atomic E-state index is -0.277. The summed E-state index contributed by atoms with van der Waals surface area (Å²) in [7, 11) is 0. The molecule has 164 valence electrons. The first-order valence-electron chi connectivity index (χ1n) is 10.7. The number of likely N-dealkylation sites (tertiary alicyclic amines) is 1. The molecule has 1 aliphatic heterocycles. The second-order valence-corrected chi connectivity index (χ2v) is 7.87. The Kier molecular flexibility index (Phi) is 8.18. The molecule has 0 radical (unpaired) electrons. The first-order chi connectivity index (χ1) is 15.0. The summed E-state index contributed by atoms with van der Waals surface area (Å²) in [5.74, 6) is -0.799. The molecule has 1 unspecified atom stereocenters. The Bertz CT molecular complexity index is 883. The van der Waals surface area contributed by atoms with Gasteiger partial charge in [0.1, 0.15) is 0 Å². The lowest BCUT2D eigenvalue weighted by Crippen LogP contribution is -2.42. The summed E-state index contributed by atoms with van der Waals surface area (Å²) in [4.78, 5) is 37.8. The largest absolute Gasteiger partial charge is 0.369 e. The van der Waals surface area contributed by atoms with Gasteiger partial charge >= 0.3 is 0 Å². The highest BCUT2D eigenvalue weighted by molar-refractivity contribution is 5.96. The molecule has 7 heteroatoms. The van der Waals surface area contributed by atoms with Gasteiger partial charge in [0.25, 0.3) is 5.91 Å². The van der Waals surface area contributed by atoms with Gasteiger partial charge in [-0.05, 0) is 55.6 Å². The quantitative estimate of drug-likeness (QED) is 0.536. The molecule has 1 aliphatic rings. The van der Waals surface area contributed by atoms with Crippen LogP contribution in [0.1, 0.15) is 29.6 Å². The van der Waals surface area contributed by atoms with Gasteiger partial charge in [0.2, 0.25) is 11.8 Å². The normalized spacial score (nSPS) is 16.5. The van der Waals surface area contributed by atoms with Gasteiger partial charge in [-0.15, -0.1) is 0 Å². The fourth-order valence-electron chi connectivity index (χ4n) is 3.79. The van der Waals surface area contributed by atoms with Crippen LogP contribution in [0.15, 0.2) is 54.6 Å². The minimum absolute atomic E-state index is 0.0628. The number of carbonyl (C=O) groups is 3. The summed E-state index contributed by atoms with van der Waals surface area (Å²) in [6.07, 6.45) is 2.61. The molecule has 4 N–H and O–H groups in total. The number of piperidine rings is 1. The molecule has 2 aromatic carbocycles. The van der Waals surface area contributed by atoms with Crippen LogP contribution in [0.2, 0.25) is 0 Å². The average molecular weight is 423 g/mol. The van der Waals surface area contributed by atoms with Crippen molar-refractivity contribution in [2.45, 2.75) is 19.3 Å². The molecule has 0 aromatic heterocycles. The predicted molar refractivity (Wildman–Crippen MR) is 120 cm³/mol. The average Bonchev–Trinajstić information content (AvgIpc) is 2.81. The molecule has 7 nitrogen and oxygen atoms in total. The predicted octanol–water partition coefficient (Wildman–Crippen LogP) is 1.79. The van der Waals surface area contributed by atoms with Crippen LogP contribution < -0.4 is 16.4 Å². The third-order valence-corrected chi connectivity index (χ3v) is 5.54. The molecule has 1 saturated heterocycles. The van der Waals surface area contributed by atoms with E-state index in [1.807, 2.05) is 42.5 Å². The zero-order valence-corrected chi connectivity index (χ0v) is 17.7. The third kappa shape index (κ3) is 6.93. The monoisotopic (exact) mass is 422 g/mol. The first kappa shape index (κ1) is 22.5. The van der Waals surface area contributed by atoms with Crippen molar-refractivity contribution < 1.29 is 14.4 Å². The molecule has 0 bridgehead atoms. The van der Waals surface area contributed by atoms with Gasteiger partial charge in [-0.2, -0.15) is 0 Å². The number of benzene rings is 2. The van der Waals surface area contributed by atoms with E-state index in [0.717, 1.165) is 43.5 Å². The van der Waals surface area contributed by atoms with E-state index in [9.17, 15) is 14.4 Å². The molecule has 1 atom stereocenters. The van der Waals surface area contributed by atoms with Crippen molar-refractivity contribution in [3.05, 3.63) is 60.2 Å². The van der Waals surface area contributed by atoms with Gasteiger partial charge in [-0.1, -0.05) is 42.5 Å². The van der Waals surface area contributed by atoms with Crippen molar-refractivity contribution in [1.82, 2.24) is 15.5 Å². The number of amides is 3. The maximum Gasteiger partial charge on any atom is 0.251 e. The standard InChI is InChI=1S/C24H30N4O3/c25-23(30)21-8-4-14-28(17-21)15-5-13-26-22(29)16-27-24(31)20-11-9-19(10-12-20)18-6-2-1-3-7-18/h1-3,6-7,9-12,21H,4-5,8,13-17H2,(H2,25,30)(H,26,29)(H,27,31). The lowest BCUT2D eigenvalue weighted by atomic mass is 9.97. The molecule has 0 saturated carbocycles. The third-order valence-electron chi connectivity index (χ3n) is 5.54. The highest BCUT2D eigenvalue weighted by atomic mass is 16.2. The topological polar surface area (TPSA) is 105 Å².